The van der Waals surface area contributed by atoms with Crippen LogP contribution in [-0.2, 0) is 6.18 Å². The Hall–Kier alpha value is -2.82. The van der Waals surface area contributed by atoms with E-state index in [9.17, 15) is 13.2 Å². The summed E-state index contributed by atoms with van der Waals surface area (Å²) in [7, 11) is 0. The third-order valence-electron chi connectivity index (χ3n) is 4.35. The van der Waals surface area contributed by atoms with Gasteiger partial charge in [-0.05, 0) is 50.2 Å². The largest absolute Gasteiger partial charge is 0.416 e. The molecule has 0 spiro atoms. The van der Waals surface area contributed by atoms with Crippen LogP contribution < -0.4 is 16.0 Å². The predicted octanol–water partition coefficient (Wildman–Crippen LogP) is 7.72. The van der Waals surface area contributed by atoms with E-state index in [1.807, 2.05) is 13.8 Å². The van der Waals surface area contributed by atoms with Crippen molar-refractivity contribution < 1.29 is 13.2 Å². The third kappa shape index (κ3) is 5.40. The molecule has 172 valence electrons. The Morgan fingerprint density at radius 2 is 1.58 bits per heavy atom. The van der Waals surface area contributed by atoms with Gasteiger partial charge in [-0.2, -0.15) is 23.1 Å². The summed E-state index contributed by atoms with van der Waals surface area (Å²) in [5.41, 5.74) is 0.639. The molecule has 4 rings (SSSR count). The molecule has 0 saturated carbocycles. The minimum atomic E-state index is -4.41. The Bertz CT molecular complexity index is 1270. The Labute approximate surface area is 201 Å². The quantitative estimate of drug-likeness (QED) is 0.245. The number of aromatic nitrogens is 3. The van der Waals surface area contributed by atoms with Crippen molar-refractivity contribution in [3.63, 3.8) is 0 Å². The molecule has 0 aliphatic carbocycles. The Morgan fingerprint density at radius 1 is 0.909 bits per heavy atom. The van der Waals surface area contributed by atoms with Gasteiger partial charge in [0.2, 0.25) is 5.95 Å². The summed E-state index contributed by atoms with van der Waals surface area (Å²) in [5, 5.41) is 10.6. The maximum Gasteiger partial charge on any atom is 0.416 e. The average Bonchev–Trinajstić information content (AvgIpc) is 3.13. The van der Waals surface area contributed by atoms with Crippen LogP contribution in [0.25, 0.3) is 10.3 Å². The summed E-state index contributed by atoms with van der Waals surface area (Å²) in [6, 6.07) is 9.87. The monoisotopic (exact) mass is 512 g/mol. The lowest BCUT2D eigenvalue weighted by atomic mass is 10.2. The highest BCUT2D eigenvalue weighted by Crippen LogP contribution is 2.37. The normalized spacial score (nSPS) is 11.8. The molecule has 0 aliphatic heterocycles. The highest BCUT2D eigenvalue weighted by atomic mass is 35.5. The lowest BCUT2D eigenvalue weighted by Gasteiger charge is -2.12. The van der Waals surface area contributed by atoms with Gasteiger partial charge in [-0.3, -0.25) is 0 Å². The number of nitrogens with one attached hydrogen (secondary N) is 3. The van der Waals surface area contributed by atoms with E-state index in [1.54, 1.807) is 18.2 Å². The molecule has 0 saturated heterocycles. The number of fused-ring (bicyclic) bond motifs is 1. The molecule has 6 nitrogen and oxygen atoms in total. The molecule has 12 heteroatoms. The van der Waals surface area contributed by atoms with Gasteiger partial charge in [-0.1, -0.05) is 40.6 Å². The van der Waals surface area contributed by atoms with Gasteiger partial charge in [0.1, 0.15) is 5.52 Å². The van der Waals surface area contributed by atoms with Crippen LogP contribution in [0, 0.1) is 0 Å². The first-order valence-electron chi connectivity index (χ1n) is 9.70. The topological polar surface area (TPSA) is 74.8 Å². The van der Waals surface area contributed by atoms with E-state index < -0.39 is 11.7 Å². The number of hydrogen-bond donors (Lipinski definition) is 3. The minimum absolute atomic E-state index is 0.0637. The van der Waals surface area contributed by atoms with Gasteiger partial charge >= 0.3 is 6.18 Å². The van der Waals surface area contributed by atoms with Gasteiger partial charge in [0.25, 0.3) is 0 Å². The molecule has 4 aromatic rings. The van der Waals surface area contributed by atoms with Crippen molar-refractivity contribution in [2.24, 2.45) is 0 Å². The first kappa shape index (κ1) is 23.3. The van der Waals surface area contributed by atoms with Crippen molar-refractivity contribution in [2.75, 3.05) is 16.0 Å². The van der Waals surface area contributed by atoms with Crippen LogP contribution in [0.4, 0.5) is 41.4 Å². The molecule has 2 heterocycles. The second-order valence-electron chi connectivity index (χ2n) is 7.29. The summed E-state index contributed by atoms with van der Waals surface area (Å²) in [5.74, 6) is 0.704. The maximum atomic E-state index is 12.9. The van der Waals surface area contributed by atoms with Gasteiger partial charge in [0.15, 0.2) is 15.8 Å². The zero-order chi connectivity index (χ0) is 23.8. The molecule has 0 bridgehead atoms. The van der Waals surface area contributed by atoms with Gasteiger partial charge in [0.05, 0.1) is 21.3 Å². The number of alkyl halides is 3. The van der Waals surface area contributed by atoms with Gasteiger partial charge < -0.3 is 16.0 Å². The first-order chi connectivity index (χ1) is 15.6. The molecule has 0 radical (unpaired) electrons. The van der Waals surface area contributed by atoms with E-state index in [0.717, 1.165) is 12.1 Å². The fraction of sp³-hybridized carbons (Fsp3) is 0.190. The van der Waals surface area contributed by atoms with Crippen molar-refractivity contribution in [2.45, 2.75) is 26.1 Å². The minimum Gasteiger partial charge on any atom is -0.352 e. The van der Waals surface area contributed by atoms with E-state index >= 15 is 0 Å². The molecule has 0 atom stereocenters. The lowest BCUT2D eigenvalue weighted by Crippen LogP contribution is -2.13. The van der Waals surface area contributed by atoms with Crippen LogP contribution in [-0.4, -0.2) is 21.0 Å². The molecule has 0 amide bonds. The van der Waals surface area contributed by atoms with Crippen molar-refractivity contribution in [1.82, 2.24) is 15.0 Å². The van der Waals surface area contributed by atoms with Crippen molar-refractivity contribution in [1.29, 1.82) is 0 Å². The number of thiazole rings is 1. The molecular formula is C21H17Cl2F3N6S. The fourth-order valence-electron chi connectivity index (χ4n) is 2.89. The van der Waals surface area contributed by atoms with Gasteiger partial charge in [0, 0.05) is 11.7 Å². The van der Waals surface area contributed by atoms with Crippen LogP contribution in [0.15, 0.2) is 42.5 Å². The van der Waals surface area contributed by atoms with Crippen LogP contribution >= 0.6 is 34.5 Å². The predicted molar refractivity (Wildman–Crippen MR) is 128 cm³/mol. The van der Waals surface area contributed by atoms with Crippen molar-refractivity contribution in [3.8, 4) is 0 Å². The molecule has 0 fully saturated rings. The first-order valence-corrected chi connectivity index (χ1v) is 11.3. The average molecular weight is 513 g/mol. The van der Waals surface area contributed by atoms with E-state index in [1.165, 1.54) is 23.5 Å². The summed E-state index contributed by atoms with van der Waals surface area (Å²) in [6.07, 6.45) is -4.41. The number of nitrogens with zero attached hydrogens (tertiary/aromatic N) is 3. The number of benzene rings is 2. The highest BCUT2D eigenvalue weighted by molar-refractivity contribution is 7.22. The van der Waals surface area contributed by atoms with E-state index in [4.69, 9.17) is 23.2 Å². The third-order valence-corrected chi connectivity index (χ3v) is 5.84. The SMILES string of the molecule is CC(C)Nc1nc(Nc2ccc(C(F)(F)F)cc2)c2nc(Nc3c(Cl)cccc3Cl)sc2n1. The second-order valence-corrected chi connectivity index (χ2v) is 9.08. The van der Waals surface area contributed by atoms with Gasteiger partial charge in [-0.15, -0.1) is 0 Å². The van der Waals surface area contributed by atoms with E-state index in [2.05, 4.69) is 30.9 Å². The smallest absolute Gasteiger partial charge is 0.352 e. The number of rotatable bonds is 6. The summed E-state index contributed by atoms with van der Waals surface area (Å²) < 4.78 is 38.7. The van der Waals surface area contributed by atoms with Crippen molar-refractivity contribution in [3.05, 3.63) is 58.1 Å². The second kappa shape index (κ2) is 9.20. The zero-order valence-electron chi connectivity index (χ0n) is 17.3. The Balaban J connectivity index is 1.72. The molecule has 2 aromatic carbocycles. The molecule has 2 aromatic heterocycles. The highest BCUT2D eigenvalue weighted by Gasteiger charge is 2.30. The van der Waals surface area contributed by atoms with E-state index in [0.29, 0.717) is 48.7 Å². The number of para-hydroxylation sites is 1. The van der Waals surface area contributed by atoms with Crippen LogP contribution in [0.5, 0.6) is 0 Å². The summed E-state index contributed by atoms with van der Waals surface area (Å²) >= 11 is 13.7. The Kier molecular flexibility index (Phi) is 6.51. The van der Waals surface area contributed by atoms with E-state index in [-0.39, 0.29) is 6.04 Å². The number of anilines is 5. The molecule has 33 heavy (non-hydrogen) atoms. The van der Waals surface area contributed by atoms with Crippen LogP contribution in [0.1, 0.15) is 19.4 Å². The summed E-state index contributed by atoms with van der Waals surface area (Å²) in [4.78, 5) is 14.1. The standard InChI is InChI=1S/C21H17Cl2F3N6S/c1-10(2)27-19-31-17(28-12-8-6-11(7-9-12)21(24,25)26)16-18(32-19)33-20(30-16)29-15-13(22)4-3-5-14(15)23/h3-10H,1-2H3,(H,29,30)(H2,27,28,31,32). The number of halogens is 5. The fourth-order valence-corrected chi connectivity index (χ4v) is 4.23. The maximum absolute atomic E-state index is 12.9. The molecule has 0 unspecified atom stereocenters. The van der Waals surface area contributed by atoms with Crippen LogP contribution in [0.2, 0.25) is 10.0 Å². The lowest BCUT2D eigenvalue weighted by molar-refractivity contribution is -0.137. The van der Waals surface area contributed by atoms with Gasteiger partial charge in [-0.25, -0.2) is 4.98 Å². The molecule has 3 N–H and O–H groups in total. The summed E-state index contributed by atoms with van der Waals surface area (Å²) in [6.45, 7) is 3.88. The Morgan fingerprint density at radius 3 is 2.18 bits per heavy atom. The number of hydrogen-bond acceptors (Lipinski definition) is 7. The van der Waals surface area contributed by atoms with Crippen molar-refractivity contribution >= 4 is 73.2 Å². The molecule has 0 aliphatic rings. The molecular weight excluding hydrogens is 496 g/mol. The van der Waals surface area contributed by atoms with Crippen LogP contribution in [0.3, 0.4) is 0 Å². The zero-order valence-corrected chi connectivity index (χ0v) is 19.6.